The SMILES string of the molecule is O=C(Nc1cc(C(F)(F)F)cc(C(F)(F)F)c1)N1CC(N2CCN(Cc3c[nH]c(=O)[nH]c3=O)CC2)C1. The van der Waals surface area contributed by atoms with E-state index >= 15 is 0 Å². The van der Waals surface area contributed by atoms with E-state index in [1.807, 2.05) is 4.90 Å². The van der Waals surface area contributed by atoms with Crippen molar-refractivity contribution in [1.82, 2.24) is 24.7 Å². The van der Waals surface area contributed by atoms with Crippen molar-refractivity contribution in [2.45, 2.75) is 24.9 Å². The standard InChI is InChI=1S/C21H22F6N6O3/c22-20(23,24)13-5-14(21(25,26)27)7-15(6-13)29-19(36)33-10-16(11-33)32-3-1-31(2-4-32)9-12-8-28-18(35)30-17(12)34/h5-8,16H,1-4,9-11H2,(H,29,36)(H2,28,30,34,35). The van der Waals surface area contributed by atoms with Gasteiger partial charge in [0.1, 0.15) is 0 Å². The van der Waals surface area contributed by atoms with E-state index in [4.69, 9.17) is 0 Å². The number of aromatic nitrogens is 2. The summed E-state index contributed by atoms with van der Waals surface area (Å²) in [7, 11) is 0. The number of carbonyl (C=O) groups excluding carboxylic acids is 1. The Kier molecular flexibility index (Phi) is 6.88. The number of H-pyrrole nitrogens is 2. The molecule has 0 bridgehead atoms. The van der Waals surface area contributed by atoms with Gasteiger partial charge in [0.25, 0.3) is 5.56 Å². The lowest BCUT2D eigenvalue weighted by Gasteiger charge is -2.48. The average molecular weight is 520 g/mol. The summed E-state index contributed by atoms with van der Waals surface area (Å²) in [6.07, 6.45) is -8.63. The van der Waals surface area contributed by atoms with Crippen molar-refractivity contribution in [3.63, 3.8) is 0 Å². The Hall–Kier alpha value is -3.33. The molecule has 0 spiro atoms. The van der Waals surface area contributed by atoms with Crippen molar-refractivity contribution in [2.75, 3.05) is 44.6 Å². The lowest BCUT2D eigenvalue weighted by molar-refractivity contribution is -0.143. The van der Waals surface area contributed by atoms with Crippen LogP contribution in [0.5, 0.6) is 0 Å². The maximum Gasteiger partial charge on any atom is 0.416 e. The van der Waals surface area contributed by atoms with E-state index in [0.717, 1.165) is 0 Å². The topological polar surface area (TPSA) is 105 Å². The van der Waals surface area contributed by atoms with Crippen LogP contribution in [0.2, 0.25) is 0 Å². The Labute approximate surface area is 199 Å². The molecule has 0 radical (unpaired) electrons. The number of benzene rings is 1. The molecule has 2 aliphatic rings. The van der Waals surface area contributed by atoms with E-state index in [-0.39, 0.29) is 25.2 Å². The number of carbonyl (C=O) groups is 1. The number of rotatable bonds is 4. The fraction of sp³-hybridized carbons (Fsp3) is 0.476. The van der Waals surface area contributed by atoms with Gasteiger partial charge >= 0.3 is 24.1 Å². The van der Waals surface area contributed by atoms with Gasteiger partial charge < -0.3 is 15.2 Å². The van der Waals surface area contributed by atoms with Crippen molar-refractivity contribution in [1.29, 1.82) is 0 Å². The van der Waals surface area contributed by atoms with E-state index in [9.17, 15) is 40.7 Å². The molecule has 3 N–H and O–H groups in total. The minimum atomic E-state index is -5.00. The van der Waals surface area contributed by atoms with E-state index in [2.05, 4.69) is 20.2 Å². The van der Waals surface area contributed by atoms with E-state index < -0.39 is 46.4 Å². The Morgan fingerprint density at radius 2 is 1.53 bits per heavy atom. The molecule has 2 saturated heterocycles. The molecular weight excluding hydrogens is 498 g/mol. The molecule has 2 fully saturated rings. The number of likely N-dealkylation sites (tertiary alicyclic amines) is 1. The molecule has 2 aliphatic heterocycles. The fourth-order valence-corrected chi connectivity index (χ4v) is 4.16. The normalized spacial score (nSPS) is 18.2. The van der Waals surface area contributed by atoms with Crippen LogP contribution in [0.3, 0.4) is 0 Å². The van der Waals surface area contributed by atoms with Gasteiger partial charge in [0.05, 0.1) is 11.1 Å². The van der Waals surface area contributed by atoms with Gasteiger partial charge in [-0.2, -0.15) is 26.3 Å². The fourth-order valence-electron chi connectivity index (χ4n) is 4.16. The second kappa shape index (κ2) is 9.61. The zero-order valence-electron chi connectivity index (χ0n) is 18.7. The van der Waals surface area contributed by atoms with Crippen LogP contribution in [0, 0.1) is 0 Å². The monoisotopic (exact) mass is 520 g/mol. The molecule has 0 saturated carbocycles. The Bertz CT molecular complexity index is 1190. The first-order valence-corrected chi connectivity index (χ1v) is 10.9. The van der Waals surface area contributed by atoms with E-state index in [1.165, 1.54) is 11.1 Å². The van der Waals surface area contributed by atoms with Crippen LogP contribution in [0.1, 0.15) is 16.7 Å². The predicted molar refractivity (Wildman–Crippen MR) is 115 cm³/mol. The first kappa shape index (κ1) is 25.8. The minimum absolute atomic E-state index is 0.00151. The third kappa shape index (κ3) is 5.90. The van der Waals surface area contributed by atoms with Gasteiger partial charge in [0.15, 0.2) is 0 Å². The lowest BCUT2D eigenvalue weighted by atomic mass is 10.1. The predicted octanol–water partition coefficient (Wildman–Crippen LogP) is 2.13. The van der Waals surface area contributed by atoms with Crippen molar-refractivity contribution >= 4 is 11.7 Å². The molecule has 3 heterocycles. The molecule has 1 aromatic carbocycles. The number of alkyl halides is 6. The zero-order chi connectivity index (χ0) is 26.3. The van der Waals surface area contributed by atoms with Crippen molar-refractivity contribution in [3.05, 3.63) is 61.9 Å². The molecule has 9 nitrogen and oxygen atoms in total. The molecule has 1 aromatic heterocycles. The number of anilines is 1. The number of nitrogens with one attached hydrogen (secondary N) is 3. The highest BCUT2D eigenvalue weighted by Crippen LogP contribution is 2.37. The number of amides is 2. The lowest BCUT2D eigenvalue weighted by Crippen LogP contribution is -2.64. The number of aromatic amines is 2. The van der Waals surface area contributed by atoms with Crippen LogP contribution in [0.15, 0.2) is 34.0 Å². The summed E-state index contributed by atoms with van der Waals surface area (Å²) in [5.41, 5.74) is -4.20. The molecule has 2 aromatic rings. The first-order chi connectivity index (χ1) is 16.8. The first-order valence-electron chi connectivity index (χ1n) is 10.9. The molecule has 0 aliphatic carbocycles. The summed E-state index contributed by atoms with van der Waals surface area (Å²) in [5.74, 6) is 0. The Morgan fingerprint density at radius 3 is 2.06 bits per heavy atom. The van der Waals surface area contributed by atoms with Crippen LogP contribution < -0.4 is 16.6 Å². The van der Waals surface area contributed by atoms with Crippen LogP contribution in [0.4, 0.5) is 36.8 Å². The van der Waals surface area contributed by atoms with E-state index in [1.54, 1.807) is 0 Å². The molecule has 4 rings (SSSR count). The smallest absolute Gasteiger partial charge is 0.321 e. The van der Waals surface area contributed by atoms with Gasteiger partial charge in [-0.15, -0.1) is 0 Å². The largest absolute Gasteiger partial charge is 0.416 e. The van der Waals surface area contributed by atoms with Gasteiger partial charge in [-0.1, -0.05) is 0 Å². The minimum Gasteiger partial charge on any atom is -0.321 e. The van der Waals surface area contributed by atoms with Gasteiger partial charge in [0, 0.05) is 69.3 Å². The third-order valence-corrected chi connectivity index (χ3v) is 6.20. The quantitative estimate of drug-likeness (QED) is 0.536. The Balaban J connectivity index is 1.29. The number of nitrogens with zero attached hydrogens (tertiary/aromatic N) is 3. The van der Waals surface area contributed by atoms with Gasteiger partial charge in [0.2, 0.25) is 0 Å². The summed E-state index contributed by atoms with van der Waals surface area (Å²) >= 11 is 0. The number of hydrogen-bond acceptors (Lipinski definition) is 5. The summed E-state index contributed by atoms with van der Waals surface area (Å²) in [5, 5.41) is 2.14. The summed E-state index contributed by atoms with van der Waals surface area (Å²) in [6, 6.07) is 0.160. The highest BCUT2D eigenvalue weighted by atomic mass is 19.4. The van der Waals surface area contributed by atoms with Crippen LogP contribution >= 0.6 is 0 Å². The molecule has 2 amide bonds. The number of piperazine rings is 1. The maximum absolute atomic E-state index is 13.0. The molecular formula is C21H22F6N6O3. The molecule has 15 heteroatoms. The number of hydrogen-bond donors (Lipinski definition) is 3. The van der Waals surface area contributed by atoms with Crippen LogP contribution in [-0.2, 0) is 18.9 Å². The summed E-state index contributed by atoms with van der Waals surface area (Å²) in [6.45, 7) is 3.45. The van der Waals surface area contributed by atoms with Crippen molar-refractivity contribution in [3.8, 4) is 0 Å². The second-order valence-electron chi connectivity index (χ2n) is 8.69. The van der Waals surface area contributed by atoms with E-state index in [0.29, 0.717) is 50.4 Å². The zero-order valence-corrected chi connectivity index (χ0v) is 18.7. The van der Waals surface area contributed by atoms with Gasteiger partial charge in [-0.05, 0) is 18.2 Å². The highest BCUT2D eigenvalue weighted by Gasteiger charge is 2.39. The summed E-state index contributed by atoms with van der Waals surface area (Å²) in [4.78, 5) is 45.5. The average Bonchev–Trinajstić information content (AvgIpc) is 2.74. The molecule has 36 heavy (non-hydrogen) atoms. The molecule has 196 valence electrons. The summed E-state index contributed by atoms with van der Waals surface area (Å²) < 4.78 is 78.1. The highest BCUT2D eigenvalue weighted by molar-refractivity contribution is 5.90. The molecule has 0 unspecified atom stereocenters. The van der Waals surface area contributed by atoms with Crippen LogP contribution in [-0.4, -0.2) is 76.0 Å². The van der Waals surface area contributed by atoms with Gasteiger partial charge in [-0.3, -0.25) is 19.6 Å². The number of urea groups is 1. The maximum atomic E-state index is 13.0. The van der Waals surface area contributed by atoms with Crippen molar-refractivity contribution in [2.24, 2.45) is 0 Å². The van der Waals surface area contributed by atoms with Crippen molar-refractivity contribution < 1.29 is 31.1 Å². The molecule has 0 atom stereocenters. The Morgan fingerprint density at radius 1 is 0.944 bits per heavy atom. The number of halogens is 6. The van der Waals surface area contributed by atoms with Crippen LogP contribution in [0.25, 0.3) is 0 Å². The van der Waals surface area contributed by atoms with Gasteiger partial charge in [-0.25, -0.2) is 9.59 Å². The second-order valence-corrected chi connectivity index (χ2v) is 8.69. The third-order valence-electron chi connectivity index (χ3n) is 6.20.